The topological polar surface area (TPSA) is 63.3 Å². The van der Waals surface area contributed by atoms with Gasteiger partial charge in [-0.05, 0) is 59.2 Å². The Balaban J connectivity index is 2.85. The average molecular weight is 305 g/mol. The van der Waals surface area contributed by atoms with Gasteiger partial charge in [0, 0.05) is 3.57 Å². The first-order valence-electron chi connectivity index (χ1n) is 4.24. The van der Waals surface area contributed by atoms with Crippen molar-refractivity contribution in [1.29, 1.82) is 0 Å². The van der Waals surface area contributed by atoms with Crippen LogP contribution in [0, 0.1) is 10.5 Å². The SMILES string of the molecule is Cc1ccc(I)cc1C[C@H](N)C(=O)O. The van der Waals surface area contributed by atoms with Crippen molar-refractivity contribution in [2.75, 3.05) is 0 Å². The molecular formula is C10H12INO2. The van der Waals surface area contributed by atoms with Crippen molar-refractivity contribution in [2.45, 2.75) is 19.4 Å². The number of hydrogen-bond donors (Lipinski definition) is 2. The maximum absolute atomic E-state index is 10.6. The largest absolute Gasteiger partial charge is 0.480 e. The van der Waals surface area contributed by atoms with E-state index in [2.05, 4.69) is 22.6 Å². The van der Waals surface area contributed by atoms with E-state index < -0.39 is 12.0 Å². The molecule has 4 heteroatoms. The van der Waals surface area contributed by atoms with E-state index in [1.165, 1.54) is 0 Å². The van der Waals surface area contributed by atoms with Gasteiger partial charge in [-0.15, -0.1) is 0 Å². The standard InChI is InChI=1S/C10H12INO2/c1-6-2-3-8(11)4-7(6)5-9(12)10(13)14/h2-4,9H,5,12H2,1H3,(H,13,14)/t9-/m0/s1. The molecule has 1 rings (SSSR count). The molecule has 1 aromatic rings. The second kappa shape index (κ2) is 4.75. The monoisotopic (exact) mass is 305 g/mol. The Morgan fingerprint density at radius 3 is 2.86 bits per heavy atom. The molecule has 0 aliphatic carbocycles. The summed E-state index contributed by atoms with van der Waals surface area (Å²) in [6, 6.07) is 5.13. The number of halogens is 1. The zero-order valence-electron chi connectivity index (χ0n) is 7.83. The van der Waals surface area contributed by atoms with Crippen LogP contribution in [0.2, 0.25) is 0 Å². The molecule has 0 heterocycles. The maximum atomic E-state index is 10.6. The van der Waals surface area contributed by atoms with Gasteiger partial charge >= 0.3 is 5.97 Å². The lowest BCUT2D eigenvalue weighted by atomic mass is 10.0. The van der Waals surface area contributed by atoms with Crippen LogP contribution < -0.4 is 5.73 Å². The quantitative estimate of drug-likeness (QED) is 0.833. The minimum absolute atomic E-state index is 0.387. The Bertz CT molecular complexity index is 352. The first-order chi connectivity index (χ1) is 6.50. The van der Waals surface area contributed by atoms with Crippen LogP contribution in [0.4, 0.5) is 0 Å². The number of aliphatic carboxylic acids is 1. The number of aryl methyl sites for hydroxylation is 1. The molecule has 1 atom stereocenters. The summed E-state index contributed by atoms with van der Waals surface area (Å²) in [5.74, 6) is -0.955. The highest BCUT2D eigenvalue weighted by Gasteiger charge is 2.13. The van der Waals surface area contributed by atoms with Crippen molar-refractivity contribution in [3.8, 4) is 0 Å². The predicted octanol–water partition coefficient (Wildman–Crippen LogP) is 1.55. The number of benzene rings is 1. The summed E-state index contributed by atoms with van der Waals surface area (Å²) in [6.45, 7) is 1.96. The second-order valence-corrected chi connectivity index (χ2v) is 4.47. The molecule has 0 fully saturated rings. The minimum Gasteiger partial charge on any atom is -0.480 e. The molecule has 0 spiro atoms. The van der Waals surface area contributed by atoms with E-state index in [1.807, 2.05) is 25.1 Å². The summed E-state index contributed by atoms with van der Waals surface area (Å²) in [5.41, 5.74) is 7.56. The van der Waals surface area contributed by atoms with Crippen LogP contribution in [0.1, 0.15) is 11.1 Å². The minimum atomic E-state index is -0.955. The Hall–Kier alpha value is -0.620. The summed E-state index contributed by atoms with van der Waals surface area (Å²) in [4.78, 5) is 10.6. The Morgan fingerprint density at radius 1 is 1.64 bits per heavy atom. The molecule has 0 bridgehead atoms. The molecule has 3 nitrogen and oxygen atoms in total. The first-order valence-corrected chi connectivity index (χ1v) is 5.32. The van der Waals surface area contributed by atoms with Crippen molar-refractivity contribution < 1.29 is 9.90 Å². The summed E-state index contributed by atoms with van der Waals surface area (Å²) in [7, 11) is 0. The molecule has 14 heavy (non-hydrogen) atoms. The van der Waals surface area contributed by atoms with E-state index >= 15 is 0 Å². The zero-order valence-corrected chi connectivity index (χ0v) is 9.98. The Labute approximate surface area is 96.4 Å². The maximum Gasteiger partial charge on any atom is 0.320 e. The molecule has 0 saturated heterocycles. The molecule has 0 aliphatic rings. The normalized spacial score (nSPS) is 12.5. The van der Waals surface area contributed by atoms with Crippen LogP contribution in [-0.2, 0) is 11.2 Å². The zero-order chi connectivity index (χ0) is 10.7. The van der Waals surface area contributed by atoms with E-state index in [4.69, 9.17) is 10.8 Å². The number of carbonyl (C=O) groups is 1. The van der Waals surface area contributed by atoms with Crippen LogP contribution >= 0.6 is 22.6 Å². The molecule has 0 unspecified atom stereocenters. The smallest absolute Gasteiger partial charge is 0.320 e. The third-order valence-corrected chi connectivity index (χ3v) is 2.74. The van der Waals surface area contributed by atoms with Crippen molar-refractivity contribution in [2.24, 2.45) is 5.73 Å². The fraction of sp³-hybridized carbons (Fsp3) is 0.300. The third kappa shape index (κ3) is 2.95. The van der Waals surface area contributed by atoms with Gasteiger partial charge in [0.15, 0.2) is 0 Å². The van der Waals surface area contributed by atoms with E-state index in [0.717, 1.165) is 14.7 Å². The lowest BCUT2D eigenvalue weighted by Crippen LogP contribution is -2.32. The van der Waals surface area contributed by atoms with E-state index in [-0.39, 0.29) is 0 Å². The first kappa shape index (κ1) is 11.5. The summed E-state index contributed by atoms with van der Waals surface area (Å²) in [5, 5.41) is 8.68. The van der Waals surface area contributed by atoms with E-state index in [9.17, 15) is 4.79 Å². The summed E-state index contributed by atoms with van der Waals surface area (Å²) < 4.78 is 1.10. The Kier molecular flexibility index (Phi) is 3.88. The number of hydrogen-bond acceptors (Lipinski definition) is 2. The van der Waals surface area contributed by atoms with E-state index in [0.29, 0.717) is 6.42 Å². The van der Waals surface area contributed by atoms with Gasteiger partial charge < -0.3 is 10.8 Å². The van der Waals surface area contributed by atoms with Crippen LogP contribution in [0.3, 0.4) is 0 Å². The number of carboxylic acid groups (broad SMARTS) is 1. The molecule has 0 radical (unpaired) electrons. The summed E-state index contributed by atoms with van der Waals surface area (Å²) in [6.07, 6.45) is 0.387. The van der Waals surface area contributed by atoms with Gasteiger partial charge in [0.2, 0.25) is 0 Å². The molecule has 76 valence electrons. The Morgan fingerprint density at radius 2 is 2.29 bits per heavy atom. The van der Waals surface area contributed by atoms with Crippen LogP contribution in [0.5, 0.6) is 0 Å². The van der Waals surface area contributed by atoms with E-state index in [1.54, 1.807) is 0 Å². The van der Waals surface area contributed by atoms with Gasteiger partial charge in [-0.3, -0.25) is 4.79 Å². The van der Waals surface area contributed by atoms with Gasteiger partial charge in [-0.1, -0.05) is 6.07 Å². The lowest BCUT2D eigenvalue weighted by Gasteiger charge is -2.09. The van der Waals surface area contributed by atoms with Gasteiger partial charge in [0.1, 0.15) is 6.04 Å². The number of carboxylic acids is 1. The third-order valence-electron chi connectivity index (χ3n) is 2.07. The van der Waals surface area contributed by atoms with Crippen molar-refractivity contribution >= 4 is 28.6 Å². The van der Waals surface area contributed by atoms with Crippen LogP contribution in [-0.4, -0.2) is 17.1 Å². The molecule has 1 aromatic carbocycles. The fourth-order valence-corrected chi connectivity index (χ4v) is 1.74. The number of nitrogens with two attached hydrogens (primary N) is 1. The molecule has 3 N–H and O–H groups in total. The van der Waals surface area contributed by atoms with Crippen LogP contribution in [0.25, 0.3) is 0 Å². The highest BCUT2D eigenvalue weighted by molar-refractivity contribution is 14.1. The molecule has 0 aromatic heterocycles. The predicted molar refractivity (Wildman–Crippen MR) is 63.2 cm³/mol. The van der Waals surface area contributed by atoms with Gasteiger partial charge in [-0.2, -0.15) is 0 Å². The highest BCUT2D eigenvalue weighted by atomic mass is 127. The molecule has 0 amide bonds. The molecule has 0 saturated carbocycles. The van der Waals surface area contributed by atoms with Crippen molar-refractivity contribution in [1.82, 2.24) is 0 Å². The van der Waals surface area contributed by atoms with Crippen molar-refractivity contribution in [3.63, 3.8) is 0 Å². The van der Waals surface area contributed by atoms with Gasteiger partial charge in [-0.25, -0.2) is 0 Å². The molecular weight excluding hydrogens is 293 g/mol. The van der Waals surface area contributed by atoms with Gasteiger partial charge in [0.25, 0.3) is 0 Å². The second-order valence-electron chi connectivity index (χ2n) is 3.22. The number of rotatable bonds is 3. The average Bonchev–Trinajstić information content (AvgIpc) is 2.11. The lowest BCUT2D eigenvalue weighted by molar-refractivity contribution is -0.138. The fourth-order valence-electron chi connectivity index (χ4n) is 1.18. The highest BCUT2D eigenvalue weighted by Crippen LogP contribution is 2.14. The van der Waals surface area contributed by atoms with Gasteiger partial charge in [0.05, 0.1) is 0 Å². The molecule has 0 aliphatic heterocycles. The van der Waals surface area contributed by atoms with Crippen LogP contribution in [0.15, 0.2) is 18.2 Å². The summed E-state index contributed by atoms with van der Waals surface area (Å²) >= 11 is 2.20. The van der Waals surface area contributed by atoms with Crippen molar-refractivity contribution in [3.05, 3.63) is 32.9 Å².